The van der Waals surface area contributed by atoms with Crippen molar-refractivity contribution in [2.75, 3.05) is 64.4 Å². The van der Waals surface area contributed by atoms with Gasteiger partial charge in [-0.15, -0.1) is 0 Å². The predicted molar refractivity (Wildman–Crippen MR) is 347 cm³/mol. The number of carbonyl (C=O) groups excluding carboxylic acids is 5. The van der Waals surface area contributed by atoms with Crippen LogP contribution in [0.15, 0.2) is 143 Å². The van der Waals surface area contributed by atoms with Crippen molar-refractivity contribution < 1.29 is 97.0 Å². The molecule has 9 rings (SSSR count). The van der Waals surface area contributed by atoms with Gasteiger partial charge in [-0.3, -0.25) is 24.0 Å². The van der Waals surface area contributed by atoms with Gasteiger partial charge in [0.1, 0.15) is 53.1 Å². The number of aliphatic hydroxyl groups excluding tert-OH is 2. The molecule has 7 aliphatic rings. The summed E-state index contributed by atoms with van der Waals surface area (Å²) in [5.41, 5.74) is 5.22. The SMILES string of the molecule is O=COc1cc(CC(=S)COCCOCCC(=O)NC(CSC2CCC2SCC(NC(=O)CCOCCOCC(=S)Cc2ccc(C3=C4C=CC(O)=CC4OC4=CC(=O)C=CC43)c(C(=O)O)c2)C(=O)O)C(=O)O)ccc1C1=C2C=CC(O)=CC2OC2=CC(=O)C=CC21. The lowest BCUT2D eigenvalue weighted by Gasteiger charge is -2.36. The summed E-state index contributed by atoms with van der Waals surface area (Å²) in [6.07, 6.45) is 19.0. The van der Waals surface area contributed by atoms with Crippen LogP contribution in [0.4, 0.5) is 0 Å². The number of nitrogens with one attached hydrogen (secondary N) is 2. The molecule has 0 radical (unpaired) electrons. The van der Waals surface area contributed by atoms with Crippen LogP contribution in [0, 0.1) is 11.8 Å². The molecule has 0 saturated heterocycles. The standard InChI is InChI=1S/C66H66N2O20S4/c69-35-86-53-26-37(2-8-45(53)63-48-11-5-40(72)29-56(48)88-57-30-41(73)6-12-49(57)63)24-43(90)32-85-22-20-83-18-16-61(75)68-52(66(80)81)34-92-59-14-13-58(59)91-33-51(65(78)79)67-60(74)15-17-82-19-21-84-31-42(89)23-36-1-7-44(50(25-36)64(76)77)62-46-9-3-38(70)27-54(46)87-55-28-39(71)4-10-47(55)62/h1-12,25-30,35,46,48,51-52,55,57-59,71,73H,13-24,31-34H2,(H,67,74)(H,68,75)(H,76,77)(H,78,79)(H,80,81). The average molecular weight is 1340 g/mol. The summed E-state index contributed by atoms with van der Waals surface area (Å²) >= 11 is 13.9. The van der Waals surface area contributed by atoms with Crippen LogP contribution in [-0.2, 0) is 74.8 Å². The molecule has 8 atom stereocenters. The summed E-state index contributed by atoms with van der Waals surface area (Å²) in [7, 11) is 0. The number of ketones is 2. The Morgan fingerprint density at radius 3 is 1.52 bits per heavy atom. The van der Waals surface area contributed by atoms with Crippen molar-refractivity contribution in [2.24, 2.45) is 11.8 Å². The Bertz CT molecular complexity index is 3610. The van der Waals surface area contributed by atoms with Gasteiger partial charge < -0.3 is 69.3 Å². The van der Waals surface area contributed by atoms with E-state index in [1.54, 1.807) is 48.6 Å². The van der Waals surface area contributed by atoms with Gasteiger partial charge in [0.15, 0.2) is 11.6 Å². The Balaban J connectivity index is 0.617. The highest BCUT2D eigenvalue weighted by Crippen LogP contribution is 2.48. The molecule has 2 aromatic rings. The molecule has 0 aromatic heterocycles. The molecule has 1 saturated carbocycles. The topological polar surface area (TPSA) is 326 Å². The number of aliphatic hydroxyl groups is 2. The van der Waals surface area contributed by atoms with E-state index in [1.165, 1.54) is 72.1 Å². The first kappa shape index (κ1) is 68.3. The number of fused-ring (bicyclic) bond motifs is 4. The summed E-state index contributed by atoms with van der Waals surface area (Å²) in [4.78, 5) is 99.6. The highest BCUT2D eigenvalue weighted by Gasteiger charge is 2.40. The number of rotatable bonds is 35. The number of hydrogen-bond acceptors (Lipinski definition) is 21. The maximum atomic E-state index is 12.8. The summed E-state index contributed by atoms with van der Waals surface area (Å²) in [5.74, 6) is -4.88. The Kier molecular flexibility index (Phi) is 24.1. The van der Waals surface area contributed by atoms with Crippen molar-refractivity contribution in [3.05, 3.63) is 171 Å². The number of allylic oxidation sites excluding steroid dienone is 8. The first-order valence-corrected chi connectivity index (χ1v) is 32.3. The van der Waals surface area contributed by atoms with Crippen molar-refractivity contribution in [1.82, 2.24) is 10.6 Å². The third kappa shape index (κ3) is 18.1. The molecule has 22 nitrogen and oxygen atoms in total. The van der Waals surface area contributed by atoms with Crippen molar-refractivity contribution in [1.29, 1.82) is 0 Å². The van der Waals surface area contributed by atoms with E-state index in [1.807, 2.05) is 12.1 Å². The highest BCUT2D eigenvalue weighted by molar-refractivity contribution is 8.04. The molecular formula is C66H66N2O20S4. The molecule has 8 unspecified atom stereocenters. The molecule has 2 aliphatic heterocycles. The lowest BCUT2D eigenvalue weighted by molar-refractivity contribution is -0.141. The van der Waals surface area contributed by atoms with Crippen LogP contribution in [-0.4, -0.2) is 182 Å². The smallest absolute Gasteiger partial charge is 0.336 e. The lowest BCUT2D eigenvalue weighted by atomic mass is 9.78. The summed E-state index contributed by atoms with van der Waals surface area (Å²) in [6, 6.07) is 8.04. The first-order chi connectivity index (χ1) is 44.3. The van der Waals surface area contributed by atoms with Gasteiger partial charge >= 0.3 is 17.9 Å². The minimum atomic E-state index is -1.21. The zero-order valence-electron chi connectivity index (χ0n) is 49.4. The third-order valence-corrected chi connectivity index (χ3v) is 19.2. The Labute approximate surface area is 547 Å². The predicted octanol–water partition coefficient (Wildman–Crippen LogP) is 7.03. The molecule has 0 bridgehead atoms. The second-order valence-electron chi connectivity index (χ2n) is 22.0. The fourth-order valence-electron chi connectivity index (χ4n) is 10.9. The van der Waals surface area contributed by atoms with E-state index in [0.29, 0.717) is 62.0 Å². The number of aromatic carboxylic acids is 1. The molecule has 5 aliphatic carbocycles. The number of ether oxygens (including phenoxy) is 7. The second-order valence-corrected chi connectivity index (χ2v) is 25.7. The molecule has 2 heterocycles. The number of thioether (sulfide) groups is 2. The van der Waals surface area contributed by atoms with Crippen molar-refractivity contribution in [3.8, 4) is 5.75 Å². The Hall–Kier alpha value is -8.08. The maximum absolute atomic E-state index is 12.8. The minimum Gasteiger partial charge on any atom is -0.508 e. The molecule has 26 heteroatoms. The molecule has 7 N–H and O–H groups in total. The normalized spacial score (nSPS) is 21.4. The molecular weight excluding hydrogens is 1270 g/mol. The number of benzene rings is 2. The van der Waals surface area contributed by atoms with Gasteiger partial charge in [0.05, 0.1) is 70.3 Å². The number of thiocarbonyl (C=S) groups is 2. The number of carbonyl (C=O) groups is 8. The van der Waals surface area contributed by atoms with Crippen molar-refractivity contribution in [2.45, 2.75) is 73.3 Å². The number of amides is 2. The lowest BCUT2D eigenvalue weighted by Crippen LogP contribution is -2.45. The van der Waals surface area contributed by atoms with E-state index >= 15 is 0 Å². The molecule has 1 fully saturated rings. The summed E-state index contributed by atoms with van der Waals surface area (Å²) in [6.45, 7) is 1.04. The van der Waals surface area contributed by atoms with Gasteiger partial charge in [0.25, 0.3) is 6.47 Å². The monoisotopic (exact) mass is 1330 g/mol. The van der Waals surface area contributed by atoms with E-state index in [2.05, 4.69) is 10.6 Å². The average Bonchev–Trinajstić information content (AvgIpc) is 0.764. The maximum Gasteiger partial charge on any atom is 0.336 e. The van der Waals surface area contributed by atoms with Gasteiger partial charge in [-0.2, -0.15) is 23.5 Å². The first-order valence-electron chi connectivity index (χ1n) is 29.4. The van der Waals surface area contributed by atoms with Crippen molar-refractivity contribution >= 4 is 117 Å². The zero-order valence-corrected chi connectivity index (χ0v) is 52.7. The van der Waals surface area contributed by atoms with Gasteiger partial charge in [0.2, 0.25) is 11.8 Å². The number of aliphatic carboxylic acids is 2. The number of hydrogen-bond donors (Lipinski definition) is 7. The number of carboxylic acid groups (broad SMARTS) is 3. The van der Waals surface area contributed by atoms with Gasteiger partial charge in [-0.1, -0.05) is 73.0 Å². The van der Waals surface area contributed by atoms with Gasteiger partial charge in [0, 0.05) is 98.4 Å². The third-order valence-electron chi connectivity index (χ3n) is 15.5. The van der Waals surface area contributed by atoms with Crippen LogP contribution in [0.3, 0.4) is 0 Å². The summed E-state index contributed by atoms with van der Waals surface area (Å²) < 4.78 is 40.1. The minimum absolute atomic E-state index is 0.00000556. The quantitative estimate of drug-likeness (QED) is 0.0207. The Morgan fingerprint density at radius 1 is 0.609 bits per heavy atom. The number of carboxylic acids is 3. The molecule has 2 aromatic carbocycles. The van der Waals surface area contributed by atoms with Crippen LogP contribution in [0.5, 0.6) is 5.75 Å². The molecule has 484 valence electrons. The molecule has 2 amide bonds. The van der Waals surface area contributed by atoms with E-state index in [9.17, 15) is 63.9 Å². The summed E-state index contributed by atoms with van der Waals surface area (Å²) in [5, 5.41) is 55.5. The highest BCUT2D eigenvalue weighted by atomic mass is 32.2. The molecule has 0 spiro atoms. The van der Waals surface area contributed by atoms with E-state index in [4.69, 9.17) is 57.6 Å². The van der Waals surface area contributed by atoms with E-state index in [0.717, 1.165) is 29.6 Å². The fourth-order valence-corrected chi connectivity index (χ4v) is 14.6. The van der Waals surface area contributed by atoms with Gasteiger partial charge in [-0.05, 0) is 77.1 Å². The largest absolute Gasteiger partial charge is 0.508 e. The van der Waals surface area contributed by atoms with Crippen LogP contribution >= 0.6 is 48.0 Å². The van der Waals surface area contributed by atoms with E-state index in [-0.39, 0.29) is 129 Å². The van der Waals surface area contributed by atoms with Crippen LogP contribution in [0.1, 0.15) is 58.3 Å². The molecule has 92 heavy (non-hydrogen) atoms. The van der Waals surface area contributed by atoms with E-state index < -0.39 is 65.8 Å². The van der Waals surface area contributed by atoms with Crippen LogP contribution in [0.25, 0.3) is 11.1 Å². The zero-order chi connectivity index (χ0) is 65.4. The van der Waals surface area contributed by atoms with Crippen molar-refractivity contribution in [3.63, 3.8) is 0 Å². The fraction of sp³-hybridized carbons (Fsp3) is 0.364. The van der Waals surface area contributed by atoms with Gasteiger partial charge in [-0.25, -0.2) is 14.4 Å². The Morgan fingerprint density at radius 2 is 1.07 bits per heavy atom. The second kappa shape index (κ2) is 32.5. The van der Waals surface area contributed by atoms with Crippen LogP contribution < -0.4 is 15.4 Å². The van der Waals surface area contributed by atoms with Crippen LogP contribution in [0.2, 0.25) is 0 Å².